The van der Waals surface area contributed by atoms with Gasteiger partial charge in [-0.2, -0.15) is 0 Å². The highest BCUT2D eigenvalue weighted by molar-refractivity contribution is 6.42. The third kappa shape index (κ3) is 5.02. The average molecular weight is 454 g/mol. The van der Waals surface area contributed by atoms with E-state index in [0.717, 1.165) is 35.1 Å². The van der Waals surface area contributed by atoms with Gasteiger partial charge in [-0.25, -0.2) is 0 Å². The molecule has 1 aliphatic rings. The van der Waals surface area contributed by atoms with Gasteiger partial charge in [-0.3, -0.25) is 4.79 Å². The van der Waals surface area contributed by atoms with Crippen molar-refractivity contribution in [3.8, 4) is 0 Å². The molecule has 0 aromatic heterocycles. The van der Waals surface area contributed by atoms with E-state index in [-0.39, 0.29) is 5.78 Å². The van der Waals surface area contributed by atoms with Crippen LogP contribution in [0, 0.1) is 11.8 Å². The summed E-state index contributed by atoms with van der Waals surface area (Å²) in [5.41, 5.74) is 3.32. The van der Waals surface area contributed by atoms with Crippen LogP contribution in [-0.4, -0.2) is 5.78 Å². The van der Waals surface area contributed by atoms with Gasteiger partial charge in [0.15, 0.2) is 5.78 Å². The molecule has 1 saturated carbocycles. The Morgan fingerprint density at radius 2 is 1.21 bits per heavy atom. The quantitative estimate of drug-likeness (QED) is 0.426. The summed E-state index contributed by atoms with van der Waals surface area (Å²) in [6, 6.07) is 10.8. The molecule has 2 aromatic rings. The molecule has 1 aliphatic carbocycles. The number of hydrogen-bond acceptors (Lipinski definition) is 1. The molecule has 0 radical (unpaired) electrons. The Labute approximate surface area is 185 Å². The highest BCUT2D eigenvalue weighted by Crippen LogP contribution is 2.37. The van der Waals surface area contributed by atoms with Crippen molar-refractivity contribution in [1.29, 1.82) is 0 Å². The predicted molar refractivity (Wildman–Crippen MR) is 121 cm³/mol. The molecule has 0 unspecified atom stereocenters. The van der Waals surface area contributed by atoms with E-state index in [4.69, 9.17) is 46.4 Å². The van der Waals surface area contributed by atoms with Crippen LogP contribution < -0.4 is 0 Å². The minimum atomic E-state index is 0.0639. The molecule has 0 bridgehead atoms. The van der Waals surface area contributed by atoms with Gasteiger partial charge in [0.1, 0.15) is 0 Å². The second-order valence-electron chi connectivity index (χ2n) is 7.43. The summed E-state index contributed by atoms with van der Waals surface area (Å²) in [4.78, 5) is 13.2. The van der Waals surface area contributed by atoms with Crippen molar-refractivity contribution < 1.29 is 4.79 Å². The molecule has 146 valence electrons. The Hall–Kier alpha value is -1.25. The topological polar surface area (TPSA) is 17.1 Å². The molecule has 3 rings (SSSR count). The highest BCUT2D eigenvalue weighted by atomic mass is 35.5. The molecule has 1 fully saturated rings. The van der Waals surface area contributed by atoms with Crippen LogP contribution in [0.25, 0.3) is 12.2 Å². The fraction of sp³-hybridized carbons (Fsp3) is 0.261. The van der Waals surface area contributed by atoms with E-state index < -0.39 is 0 Å². The maximum absolute atomic E-state index is 13.2. The van der Waals surface area contributed by atoms with Crippen LogP contribution in [0.5, 0.6) is 0 Å². The van der Waals surface area contributed by atoms with Gasteiger partial charge < -0.3 is 0 Å². The minimum Gasteiger partial charge on any atom is -0.289 e. The number of halogens is 4. The molecular formula is C23H20Cl4O. The van der Waals surface area contributed by atoms with Crippen LogP contribution in [0.15, 0.2) is 47.5 Å². The van der Waals surface area contributed by atoms with E-state index in [1.54, 1.807) is 24.3 Å². The van der Waals surface area contributed by atoms with Gasteiger partial charge in [0.2, 0.25) is 0 Å². The summed E-state index contributed by atoms with van der Waals surface area (Å²) in [7, 11) is 0. The third-order valence-corrected chi connectivity index (χ3v) is 6.54. The number of allylic oxidation sites excluding steroid dienone is 2. The summed E-state index contributed by atoms with van der Waals surface area (Å²) < 4.78 is 0. The lowest BCUT2D eigenvalue weighted by molar-refractivity contribution is -0.113. The van der Waals surface area contributed by atoms with E-state index in [1.165, 1.54) is 0 Å². The van der Waals surface area contributed by atoms with Crippen LogP contribution in [0.2, 0.25) is 20.1 Å². The summed E-state index contributed by atoms with van der Waals surface area (Å²) in [5, 5.41) is 1.95. The van der Waals surface area contributed by atoms with Crippen molar-refractivity contribution in [2.75, 3.05) is 0 Å². The molecule has 0 aliphatic heterocycles. The summed E-state index contributed by atoms with van der Waals surface area (Å²) in [6.07, 6.45) is 5.33. The second kappa shape index (κ2) is 9.05. The largest absolute Gasteiger partial charge is 0.289 e. The highest BCUT2D eigenvalue weighted by Gasteiger charge is 2.29. The van der Waals surface area contributed by atoms with E-state index in [0.29, 0.717) is 31.9 Å². The average Bonchev–Trinajstić information content (AvgIpc) is 2.64. The van der Waals surface area contributed by atoms with Gasteiger partial charge in [-0.1, -0.05) is 72.4 Å². The molecule has 0 saturated heterocycles. The Morgan fingerprint density at radius 1 is 0.786 bits per heavy atom. The van der Waals surface area contributed by atoms with Gasteiger partial charge in [-0.15, -0.1) is 0 Å². The smallest absolute Gasteiger partial charge is 0.185 e. The Balaban J connectivity index is 1.99. The molecule has 5 heteroatoms. The zero-order valence-corrected chi connectivity index (χ0v) is 18.6. The molecule has 0 spiro atoms. The molecule has 2 aromatic carbocycles. The Kier molecular flexibility index (Phi) is 6.94. The Bertz CT molecular complexity index is 899. The molecule has 0 N–H and O–H groups in total. The number of benzene rings is 2. The fourth-order valence-corrected chi connectivity index (χ4v) is 3.97. The van der Waals surface area contributed by atoms with Crippen LogP contribution in [0.3, 0.4) is 0 Å². The van der Waals surface area contributed by atoms with E-state index in [9.17, 15) is 4.79 Å². The molecule has 0 heterocycles. The van der Waals surface area contributed by atoms with Crippen molar-refractivity contribution >= 4 is 64.3 Å². The fourth-order valence-electron chi connectivity index (χ4n) is 3.36. The lowest BCUT2D eigenvalue weighted by Crippen LogP contribution is -2.23. The maximum atomic E-state index is 13.2. The first kappa shape index (κ1) is 21.5. The van der Waals surface area contributed by atoms with Gasteiger partial charge >= 0.3 is 0 Å². The lowest BCUT2D eigenvalue weighted by atomic mass is 9.75. The summed E-state index contributed by atoms with van der Waals surface area (Å²) in [6.45, 7) is 4.38. The first-order valence-electron chi connectivity index (χ1n) is 9.10. The zero-order chi connectivity index (χ0) is 20.4. The standard InChI is InChI=1S/C23H20Cl4O/c1-13(2)16-11-17(7-14-3-5-19(24)21(26)9-14)23(28)18(12-16)8-15-4-6-20(25)22(27)10-15/h3-10,13,16H,11-12H2,1-2H3/b17-7+,18-8+. The number of Topliss-reactive ketones (excluding diaryl/α,β-unsaturated/α-hetero) is 1. The third-order valence-electron chi connectivity index (χ3n) is 5.06. The van der Waals surface area contributed by atoms with Crippen LogP contribution in [0.1, 0.15) is 37.8 Å². The van der Waals surface area contributed by atoms with Gasteiger partial charge in [0, 0.05) is 11.1 Å². The van der Waals surface area contributed by atoms with E-state index in [2.05, 4.69) is 13.8 Å². The maximum Gasteiger partial charge on any atom is 0.185 e. The van der Waals surface area contributed by atoms with E-state index in [1.807, 2.05) is 24.3 Å². The molecular weight excluding hydrogens is 434 g/mol. The van der Waals surface area contributed by atoms with Crippen LogP contribution in [0.4, 0.5) is 0 Å². The van der Waals surface area contributed by atoms with Crippen molar-refractivity contribution in [3.63, 3.8) is 0 Å². The summed E-state index contributed by atoms with van der Waals surface area (Å²) in [5.74, 6) is 0.914. The van der Waals surface area contributed by atoms with E-state index >= 15 is 0 Å². The number of rotatable bonds is 3. The normalized spacial score (nSPS) is 20.4. The molecule has 0 amide bonds. The molecule has 28 heavy (non-hydrogen) atoms. The van der Waals surface area contributed by atoms with Crippen molar-refractivity contribution in [3.05, 3.63) is 78.8 Å². The molecule has 0 atom stereocenters. The van der Waals surface area contributed by atoms with Gasteiger partial charge in [0.05, 0.1) is 20.1 Å². The number of hydrogen-bond donors (Lipinski definition) is 0. The Morgan fingerprint density at radius 3 is 1.57 bits per heavy atom. The number of carbonyl (C=O) groups excluding carboxylic acids is 1. The second-order valence-corrected chi connectivity index (χ2v) is 9.06. The van der Waals surface area contributed by atoms with Crippen molar-refractivity contribution in [2.45, 2.75) is 26.7 Å². The lowest BCUT2D eigenvalue weighted by Gasteiger charge is -2.28. The van der Waals surface area contributed by atoms with Crippen LogP contribution in [-0.2, 0) is 4.79 Å². The number of carbonyl (C=O) groups is 1. The zero-order valence-electron chi connectivity index (χ0n) is 15.6. The minimum absolute atomic E-state index is 0.0639. The number of ketones is 1. The van der Waals surface area contributed by atoms with Gasteiger partial charge in [0.25, 0.3) is 0 Å². The first-order valence-corrected chi connectivity index (χ1v) is 10.6. The summed E-state index contributed by atoms with van der Waals surface area (Å²) >= 11 is 24.3. The van der Waals surface area contributed by atoms with Crippen molar-refractivity contribution in [2.24, 2.45) is 11.8 Å². The van der Waals surface area contributed by atoms with Crippen LogP contribution >= 0.6 is 46.4 Å². The first-order chi connectivity index (χ1) is 13.2. The SMILES string of the molecule is CC(C)C1C/C(=C\c2ccc(Cl)c(Cl)c2)C(=O)/C(=C/c2ccc(Cl)c(Cl)c2)C1. The van der Waals surface area contributed by atoms with Crippen molar-refractivity contribution in [1.82, 2.24) is 0 Å². The monoisotopic (exact) mass is 452 g/mol. The van der Waals surface area contributed by atoms with Gasteiger partial charge in [-0.05, 0) is 72.2 Å². The predicted octanol–water partition coefficient (Wildman–Crippen LogP) is 8.40. The molecule has 1 nitrogen and oxygen atoms in total.